The van der Waals surface area contributed by atoms with E-state index in [0.29, 0.717) is 17.8 Å². The monoisotopic (exact) mass is 944 g/mol. The van der Waals surface area contributed by atoms with Crippen molar-refractivity contribution in [2.45, 2.75) is 114 Å². The van der Waals surface area contributed by atoms with Crippen LogP contribution in [0, 0.1) is 0 Å². The number of fused-ring (bicyclic) bond motifs is 12. The first-order chi connectivity index (χ1) is 35.1. The van der Waals surface area contributed by atoms with E-state index in [1.165, 1.54) is 168 Å². The molecule has 9 aliphatic rings. The summed E-state index contributed by atoms with van der Waals surface area (Å²) in [6.45, 7) is -0.102. The molecule has 0 aromatic heterocycles. The van der Waals surface area contributed by atoms with Crippen LogP contribution in [0.4, 0.5) is 22.7 Å². The molecule has 6 aliphatic heterocycles. The summed E-state index contributed by atoms with van der Waals surface area (Å²) in [6.07, 6.45) is 21.3. The van der Waals surface area contributed by atoms with E-state index in [4.69, 9.17) is 18.9 Å². The van der Waals surface area contributed by atoms with Gasteiger partial charge in [-0.25, -0.2) is 0 Å². The van der Waals surface area contributed by atoms with Crippen LogP contribution in [-0.4, -0.2) is 26.4 Å². The molecule has 3 aliphatic carbocycles. The van der Waals surface area contributed by atoms with Crippen LogP contribution < -0.4 is 77.7 Å². The van der Waals surface area contributed by atoms with Crippen LogP contribution in [0.5, 0.6) is 46.0 Å². The Labute approximate surface area is 422 Å². The molecule has 0 atom stereocenters. The number of nitrogens with one attached hydrogen (secondary N) is 1. The van der Waals surface area contributed by atoms with Crippen molar-refractivity contribution >= 4 is 104 Å². The first-order valence-corrected chi connectivity index (χ1v) is 28.2. The summed E-state index contributed by atoms with van der Waals surface area (Å²) in [6, 6.07) is 41.7. The Balaban J connectivity index is 0.903. The minimum Gasteiger partial charge on any atom is -0.458 e. The molecule has 3 fully saturated rings. The van der Waals surface area contributed by atoms with Gasteiger partial charge >= 0.3 is 0 Å². The summed E-state index contributed by atoms with van der Waals surface area (Å²) >= 11 is 1.79. The molecule has 348 valence electrons. The van der Waals surface area contributed by atoms with Crippen molar-refractivity contribution in [3.8, 4) is 46.0 Å². The number of hydrogen-bond donors (Lipinski definition) is 1. The van der Waals surface area contributed by atoms with Gasteiger partial charge in [-0.2, -0.15) is 0 Å². The van der Waals surface area contributed by atoms with Gasteiger partial charge in [0.2, 0.25) is 0 Å². The van der Waals surface area contributed by atoms with Crippen LogP contribution in [0.1, 0.15) is 131 Å². The fourth-order valence-electron chi connectivity index (χ4n) is 15.0. The quantitative estimate of drug-likeness (QED) is 0.139. The van der Waals surface area contributed by atoms with Crippen LogP contribution in [-0.2, 0) is 0 Å². The predicted octanol–water partition coefficient (Wildman–Crippen LogP) is 10.6. The number of hydrogen-bond acceptors (Lipinski definition) is 7. The van der Waals surface area contributed by atoms with E-state index in [1.807, 2.05) is 0 Å². The summed E-state index contributed by atoms with van der Waals surface area (Å²) < 4.78 is 31.1. The SMILES string of the molecule is CSN1c2cc3c(cc2B2c4ccccc4Oc4cc(C5CCCCC5)cc1c42)B1c2cc4c(cc2Oc2cc(C5CCCCC5)cc(c21)O3)Nc1cc(C2CCCCC2)cc2c1B4c1ccccc1O2. The average molecular weight is 945 g/mol. The zero-order chi connectivity index (χ0) is 46.5. The maximum absolute atomic E-state index is 7.38. The molecular formula is C61H55B3N2O4S. The Morgan fingerprint density at radius 3 is 1.45 bits per heavy atom. The van der Waals surface area contributed by atoms with Gasteiger partial charge in [0.05, 0.1) is 11.4 Å². The third-order valence-electron chi connectivity index (χ3n) is 18.3. The molecule has 7 aromatic carbocycles. The van der Waals surface area contributed by atoms with Crippen LogP contribution in [0.3, 0.4) is 0 Å². The van der Waals surface area contributed by atoms with Crippen LogP contribution in [0.25, 0.3) is 0 Å². The van der Waals surface area contributed by atoms with E-state index in [0.717, 1.165) is 62.8 Å². The molecule has 0 amide bonds. The van der Waals surface area contributed by atoms with Crippen LogP contribution in [0.2, 0.25) is 0 Å². The normalized spacial score (nSPS) is 18.8. The van der Waals surface area contributed by atoms with Gasteiger partial charge in [0.25, 0.3) is 20.1 Å². The molecule has 7 aromatic rings. The van der Waals surface area contributed by atoms with Crippen molar-refractivity contribution in [3.05, 3.63) is 126 Å². The third kappa shape index (κ3) is 6.25. The second kappa shape index (κ2) is 15.9. The molecule has 3 saturated carbocycles. The molecule has 0 saturated heterocycles. The van der Waals surface area contributed by atoms with Crippen molar-refractivity contribution in [2.75, 3.05) is 15.9 Å². The van der Waals surface area contributed by atoms with Gasteiger partial charge in [0.1, 0.15) is 46.0 Å². The summed E-state index contributed by atoms with van der Waals surface area (Å²) in [7, 11) is 0. The molecule has 10 heteroatoms. The molecule has 0 radical (unpaired) electrons. The zero-order valence-electron chi connectivity index (χ0n) is 40.5. The number of nitrogens with zero attached hydrogens (tertiary/aromatic N) is 1. The van der Waals surface area contributed by atoms with Gasteiger partial charge in [-0.3, -0.25) is 4.31 Å². The minimum absolute atomic E-state index is 0.00260. The fraction of sp³-hybridized carbons (Fsp3) is 0.311. The van der Waals surface area contributed by atoms with Gasteiger partial charge in [-0.1, -0.05) is 106 Å². The molecule has 0 unspecified atom stereocenters. The first kappa shape index (κ1) is 41.5. The van der Waals surface area contributed by atoms with Crippen LogP contribution in [0.15, 0.2) is 109 Å². The molecule has 6 heterocycles. The third-order valence-corrected chi connectivity index (χ3v) is 19.1. The van der Waals surface area contributed by atoms with Gasteiger partial charge in [-0.15, -0.1) is 0 Å². The van der Waals surface area contributed by atoms with E-state index >= 15 is 0 Å². The van der Waals surface area contributed by atoms with E-state index in [9.17, 15) is 0 Å². The Bertz CT molecular complexity index is 3410. The van der Waals surface area contributed by atoms with Gasteiger partial charge in [-0.05, 0) is 177 Å². The smallest absolute Gasteiger partial charge is 0.260 e. The van der Waals surface area contributed by atoms with Crippen molar-refractivity contribution in [3.63, 3.8) is 0 Å². The van der Waals surface area contributed by atoms with Crippen LogP contribution >= 0.6 is 11.9 Å². The molecular weight excluding hydrogens is 889 g/mol. The van der Waals surface area contributed by atoms with Crippen molar-refractivity contribution in [1.82, 2.24) is 0 Å². The van der Waals surface area contributed by atoms with Crippen molar-refractivity contribution in [1.29, 1.82) is 0 Å². The molecule has 6 nitrogen and oxygen atoms in total. The maximum Gasteiger partial charge on any atom is 0.260 e. The average Bonchev–Trinajstić information content (AvgIpc) is 3.42. The highest BCUT2D eigenvalue weighted by atomic mass is 32.2. The van der Waals surface area contributed by atoms with E-state index in [-0.39, 0.29) is 20.1 Å². The van der Waals surface area contributed by atoms with E-state index < -0.39 is 0 Å². The summed E-state index contributed by atoms with van der Waals surface area (Å²) in [5, 5.41) is 4.02. The second-order valence-electron chi connectivity index (χ2n) is 22.2. The first-order valence-electron chi connectivity index (χ1n) is 27.0. The van der Waals surface area contributed by atoms with Gasteiger partial charge < -0.3 is 24.3 Å². The van der Waals surface area contributed by atoms with Gasteiger partial charge in [0.15, 0.2) is 0 Å². The molecule has 16 rings (SSSR count). The number of para-hydroxylation sites is 2. The van der Waals surface area contributed by atoms with Crippen molar-refractivity contribution in [2.24, 2.45) is 0 Å². The summed E-state index contributed by atoms with van der Waals surface area (Å²) in [5.74, 6) is 9.22. The predicted molar refractivity (Wildman–Crippen MR) is 296 cm³/mol. The highest BCUT2D eigenvalue weighted by molar-refractivity contribution is 8.00. The lowest BCUT2D eigenvalue weighted by atomic mass is 9.30. The summed E-state index contributed by atoms with van der Waals surface area (Å²) in [4.78, 5) is 0. The highest BCUT2D eigenvalue weighted by Gasteiger charge is 2.48. The van der Waals surface area contributed by atoms with E-state index in [2.05, 4.69) is 125 Å². The molecule has 0 bridgehead atoms. The topological polar surface area (TPSA) is 52.2 Å². The zero-order valence-corrected chi connectivity index (χ0v) is 41.3. The maximum atomic E-state index is 7.38. The summed E-state index contributed by atoms with van der Waals surface area (Å²) in [5.41, 5.74) is 19.9. The number of ether oxygens (including phenoxy) is 4. The lowest BCUT2D eigenvalue weighted by molar-refractivity contribution is 0.433. The molecule has 0 spiro atoms. The second-order valence-corrected chi connectivity index (χ2v) is 22.9. The van der Waals surface area contributed by atoms with Crippen molar-refractivity contribution < 1.29 is 18.9 Å². The lowest BCUT2D eigenvalue weighted by Crippen LogP contribution is -2.64. The Hall–Kier alpha value is -6.12. The highest BCUT2D eigenvalue weighted by Crippen LogP contribution is 2.47. The Morgan fingerprint density at radius 2 is 0.859 bits per heavy atom. The molecule has 71 heavy (non-hydrogen) atoms. The Morgan fingerprint density at radius 1 is 0.394 bits per heavy atom. The molecule has 1 N–H and O–H groups in total. The van der Waals surface area contributed by atoms with Gasteiger partial charge in [0, 0.05) is 35.2 Å². The standard InChI is InChI=1S/C61H55B3N2O4S/c1-71-66-49-34-54-46(32-44(49)63-42-22-12-14-24-52(42)68-56-28-39(26-50(66)60(56)63)36-17-7-3-8-18-36)64-45-31-43-47(33-53(45)69-57-29-40(30-58(70-54)61(57)64)37-19-9-4-10-20-37)65-48-25-38(35-15-5-2-6-16-35)27-55-59(48)62(43)41-21-11-13-23-51(41)67-55/h11-14,21-37,65H,2-10,15-20H2,1H3. The Kier molecular flexibility index (Phi) is 9.32. The van der Waals surface area contributed by atoms with E-state index in [1.54, 1.807) is 11.9 Å². The minimum atomic E-state index is -0.111. The number of anilines is 4. The fourth-order valence-corrected chi connectivity index (χ4v) is 15.7. The number of rotatable bonds is 4. The largest absolute Gasteiger partial charge is 0.458 e. The lowest BCUT2D eigenvalue weighted by Gasteiger charge is -2.41. The number of benzene rings is 7.